The first-order valence-electron chi connectivity index (χ1n) is 5.77. The first-order chi connectivity index (χ1) is 7.58. The molecule has 2 rings (SSSR count). The van der Waals surface area contributed by atoms with E-state index in [4.69, 9.17) is 0 Å². The fraction of sp³-hybridized carbons (Fsp3) is 0.462. The lowest BCUT2D eigenvalue weighted by molar-refractivity contribution is -0.116. The van der Waals surface area contributed by atoms with E-state index in [1.807, 2.05) is 19.1 Å². The molecule has 1 amide bonds. The summed E-state index contributed by atoms with van der Waals surface area (Å²) < 4.78 is 0. The van der Waals surface area contributed by atoms with Gasteiger partial charge in [0.15, 0.2) is 0 Å². The highest BCUT2D eigenvalue weighted by Gasteiger charge is 2.20. The van der Waals surface area contributed by atoms with E-state index in [1.54, 1.807) is 0 Å². The van der Waals surface area contributed by atoms with Crippen molar-refractivity contribution in [2.24, 2.45) is 0 Å². The molecule has 3 heteroatoms. The number of fused-ring (bicyclic) bond motifs is 1. The monoisotopic (exact) mass is 218 g/mol. The highest BCUT2D eigenvalue weighted by molar-refractivity contribution is 5.97. The third-order valence-corrected chi connectivity index (χ3v) is 2.88. The van der Waals surface area contributed by atoms with Crippen LogP contribution in [-0.4, -0.2) is 11.9 Å². The maximum Gasteiger partial charge on any atom is 0.226 e. The molecule has 0 radical (unpaired) electrons. The Morgan fingerprint density at radius 2 is 2.12 bits per heavy atom. The van der Waals surface area contributed by atoms with Gasteiger partial charge in [-0.1, -0.05) is 26.0 Å². The fourth-order valence-corrected chi connectivity index (χ4v) is 2.10. The van der Waals surface area contributed by atoms with Crippen LogP contribution >= 0.6 is 0 Å². The maximum absolute atomic E-state index is 11.7. The first-order valence-corrected chi connectivity index (χ1v) is 5.77. The van der Waals surface area contributed by atoms with Crippen molar-refractivity contribution < 1.29 is 4.79 Å². The molecule has 1 atom stereocenters. The van der Waals surface area contributed by atoms with Crippen LogP contribution in [-0.2, 0) is 4.79 Å². The molecule has 3 nitrogen and oxygen atoms in total. The minimum atomic E-state index is 0.0897. The van der Waals surface area contributed by atoms with Crippen LogP contribution < -0.4 is 10.6 Å². The van der Waals surface area contributed by atoms with Crippen LogP contribution in [0.25, 0.3) is 0 Å². The van der Waals surface area contributed by atoms with Gasteiger partial charge in [-0.15, -0.1) is 0 Å². The van der Waals surface area contributed by atoms with E-state index in [1.165, 1.54) is 5.56 Å². The summed E-state index contributed by atoms with van der Waals surface area (Å²) in [4.78, 5) is 11.7. The largest absolute Gasteiger partial charge is 0.380 e. The predicted octanol–water partition coefficient (Wildman–Crippen LogP) is 2.95. The zero-order valence-corrected chi connectivity index (χ0v) is 10.0. The summed E-state index contributed by atoms with van der Waals surface area (Å²) in [6.45, 7) is 6.29. The number of carbonyl (C=O) groups is 1. The van der Waals surface area contributed by atoms with Gasteiger partial charge in [0, 0.05) is 12.5 Å². The van der Waals surface area contributed by atoms with E-state index in [0.29, 0.717) is 12.3 Å². The Kier molecular flexibility index (Phi) is 2.86. The molecule has 1 aromatic rings. The maximum atomic E-state index is 11.7. The SMILES string of the molecule is CC1CC(=O)Nc2c(cccc2C(C)C)N1. The number of hydrogen-bond acceptors (Lipinski definition) is 2. The van der Waals surface area contributed by atoms with Gasteiger partial charge in [0.05, 0.1) is 11.4 Å². The summed E-state index contributed by atoms with van der Waals surface area (Å²) in [5, 5.41) is 6.37. The minimum Gasteiger partial charge on any atom is -0.380 e. The molecule has 0 fully saturated rings. The molecule has 0 bridgehead atoms. The smallest absolute Gasteiger partial charge is 0.226 e. The minimum absolute atomic E-state index is 0.0897. The van der Waals surface area contributed by atoms with E-state index >= 15 is 0 Å². The van der Waals surface area contributed by atoms with Gasteiger partial charge in [0.1, 0.15) is 0 Å². The van der Waals surface area contributed by atoms with Crippen LogP contribution in [0.4, 0.5) is 11.4 Å². The Bertz CT molecular complexity index is 412. The molecule has 1 aliphatic heterocycles. The van der Waals surface area contributed by atoms with Crippen molar-refractivity contribution in [1.29, 1.82) is 0 Å². The average Bonchev–Trinajstić information content (AvgIpc) is 2.33. The van der Waals surface area contributed by atoms with Crippen LogP contribution in [0.2, 0.25) is 0 Å². The molecule has 86 valence electrons. The molecule has 1 aromatic carbocycles. The van der Waals surface area contributed by atoms with Crippen molar-refractivity contribution in [3.8, 4) is 0 Å². The van der Waals surface area contributed by atoms with Crippen molar-refractivity contribution in [2.75, 3.05) is 10.6 Å². The molecular formula is C13H18N2O. The average molecular weight is 218 g/mol. The van der Waals surface area contributed by atoms with Gasteiger partial charge in [-0.25, -0.2) is 0 Å². The van der Waals surface area contributed by atoms with E-state index in [2.05, 4.69) is 30.5 Å². The lowest BCUT2D eigenvalue weighted by Crippen LogP contribution is -2.18. The molecule has 0 aliphatic carbocycles. The van der Waals surface area contributed by atoms with Crippen molar-refractivity contribution in [2.45, 2.75) is 39.2 Å². The Labute approximate surface area is 96.2 Å². The molecule has 2 N–H and O–H groups in total. The Morgan fingerprint density at radius 3 is 2.81 bits per heavy atom. The summed E-state index contributed by atoms with van der Waals surface area (Å²) in [5.41, 5.74) is 3.17. The third-order valence-electron chi connectivity index (χ3n) is 2.88. The van der Waals surface area contributed by atoms with Crippen LogP contribution in [0.1, 0.15) is 38.7 Å². The fourth-order valence-electron chi connectivity index (χ4n) is 2.10. The molecule has 1 aliphatic rings. The summed E-state index contributed by atoms with van der Waals surface area (Å²) in [6, 6.07) is 6.31. The van der Waals surface area contributed by atoms with Gasteiger partial charge in [-0.2, -0.15) is 0 Å². The number of benzene rings is 1. The lowest BCUT2D eigenvalue weighted by Gasteiger charge is -2.16. The van der Waals surface area contributed by atoms with Crippen LogP contribution in [0.3, 0.4) is 0 Å². The van der Waals surface area contributed by atoms with Crippen molar-refractivity contribution >= 4 is 17.3 Å². The summed E-state index contributed by atoms with van der Waals surface area (Å²) in [6.07, 6.45) is 0.520. The van der Waals surface area contributed by atoms with Crippen LogP contribution in [0.5, 0.6) is 0 Å². The van der Waals surface area contributed by atoms with E-state index < -0.39 is 0 Å². The zero-order chi connectivity index (χ0) is 11.7. The van der Waals surface area contributed by atoms with E-state index in [0.717, 1.165) is 11.4 Å². The second-order valence-electron chi connectivity index (χ2n) is 4.72. The molecule has 16 heavy (non-hydrogen) atoms. The standard InChI is InChI=1S/C13H18N2O/c1-8(2)10-5-4-6-11-13(10)15-12(16)7-9(3)14-11/h4-6,8-9,14H,7H2,1-3H3,(H,15,16). The number of anilines is 2. The molecule has 1 heterocycles. The molecule has 0 spiro atoms. The van der Waals surface area contributed by atoms with Gasteiger partial charge < -0.3 is 10.6 Å². The lowest BCUT2D eigenvalue weighted by atomic mass is 10.00. The Hall–Kier alpha value is -1.51. The predicted molar refractivity (Wildman–Crippen MR) is 66.9 cm³/mol. The molecule has 0 aromatic heterocycles. The van der Waals surface area contributed by atoms with Gasteiger partial charge in [-0.05, 0) is 24.5 Å². The van der Waals surface area contributed by atoms with Crippen LogP contribution in [0, 0.1) is 0 Å². The Balaban J connectivity index is 2.48. The molecule has 0 saturated carbocycles. The van der Waals surface area contributed by atoms with Crippen molar-refractivity contribution in [1.82, 2.24) is 0 Å². The van der Waals surface area contributed by atoms with Gasteiger partial charge in [-0.3, -0.25) is 4.79 Å². The van der Waals surface area contributed by atoms with Crippen molar-refractivity contribution in [3.63, 3.8) is 0 Å². The topological polar surface area (TPSA) is 41.1 Å². The molecule has 0 saturated heterocycles. The van der Waals surface area contributed by atoms with Crippen LogP contribution in [0.15, 0.2) is 18.2 Å². The number of nitrogens with one attached hydrogen (secondary N) is 2. The second-order valence-corrected chi connectivity index (χ2v) is 4.72. The normalized spacial score (nSPS) is 19.8. The summed E-state index contributed by atoms with van der Waals surface area (Å²) in [5.74, 6) is 0.498. The zero-order valence-electron chi connectivity index (χ0n) is 10.0. The third kappa shape index (κ3) is 2.03. The quantitative estimate of drug-likeness (QED) is 0.761. The van der Waals surface area contributed by atoms with E-state index in [9.17, 15) is 4.79 Å². The first kappa shape index (κ1) is 11.0. The second kappa shape index (κ2) is 4.16. The number of hydrogen-bond donors (Lipinski definition) is 2. The molecular weight excluding hydrogens is 200 g/mol. The van der Waals surface area contributed by atoms with Gasteiger partial charge in [0.25, 0.3) is 0 Å². The number of carbonyl (C=O) groups excluding carboxylic acids is 1. The van der Waals surface area contributed by atoms with E-state index in [-0.39, 0.29) is 11.9 Å². The number of amides is 1. The molecule has 1 unspecified atom stereocenters. The van der Waals surface area contributed by atoms with Crippen molar-refractivity contribution in [3.05, 3.63) is 23.8 Å². The summed E-state index contributed by atoms with van der Waals surface area (Å²) in [7, 11) is 0. The van der Waals surface area contributed by atoms with Gasteiger partial charge >= 0.3 is 0 Å². The number of para-hydroxylation sites is 1. The van der Waals surface area contributed by atoms with Gasteiger partial charge in [0.2, 0.25) is 5.91 Å². The number of rotatable bonds is 1. The highest BCUT2D eigenvalue weighted by atomic mass is 16.1. The Morgan fingerprint density at radius 1 is 1.38 bits per heavy atom. The highest BCUT2D eigenvalue weighted by Crippen LogP contribution is 2.33. The summed E-state index contributed by atoms with van der Waals surface area (Å²) >= 11 is 0.